The van der Waals surface area contributed by atoms with E-state index in [2.05, 4.69) is 10.3 Å². The van der Waals surface area contributed by atoms with Gasteiger partial charge in [-0.15, -0.1) is 0 Å². The van der Waals surface area contributed by atoms with Crippen LogP contribution in [0.1, 0.15) is 15.9 Å². The molecule has 1 aromatic heterocycles. The summed E-state index contributed by atoms with van der Waals surface area (Å²) in [5.41, 5.74) is 0.934. The molecule has 0 spiro atoms. The van der Waals surface area contributed by atoms with E-state index in [-0.39, 0.29) is 21.4 Å². The molecular weight excluding hydrogens is 452 g/mol. The van der Waals surface area contributed by atoms with E-state index in [1.54, 1.807) is 12.1 Å². The number of rotatable bonds is 4. The molecule has 3 aromatic carbocycles. The number of carbonyl (C=O) groups excluding carboxylic acids is 1. The largest absolute Gasteiger partial charge is 0.506 e. The van der Waals surface area contributed by atoms with Gasteiger partial charge in [-0.3, -0.25) is 9.59 Å². The molecular formula is C23H17ClN2O5S. The monoisotopic (exact) mass is 468 g/mol. The van der Waals surface area contributed by atoms with E-state index in [1.165, 1.54) is 42.5 Å². The topological polar surface area (TPSA) is 116 Å². The molecule has 7 nitrogen and oxygen atoms in total. The van der Waals surface area contributed by atoms with Crippen molar-refractivity contribution in [3.05, 3.63) is 93.2 Å². The standard InChI is InChI=1S/C23H17ClN2O5S/c1-13-3-2-4-16(11-13)25-22(28)14-5-10-18-19(12-14)26-23(29)21(20(18)27)32(30,31)17-8-6-15(24)7-9-17/h2-12H,1H3,(H,25,28)(H2,26,27,29). The summed E-state index contributed by atoms with van der Waals surface area (Å²) in [5.74, 6) is -1.11. The Morgan fingerprint density at radius 1 is 1.03 bits per heavy atom. The predicted molar refractivity (Wildman–Crippen MR) is 122 cm³/mol. The van der Waals surface area contributed by atoms with Gasteiger partial charge in [0.05, 0.1) is 10.4 Å². The molecule has 0 aliphatic heterocycles. The molecule has 0 atom stereocenters. The van der Waals surface area contributed by atoms with Crippen LogP contribution in [-0.2, 0) is 9.84 Å². The van der Waals surface area contributed by atoms with Gasteiger partial charge in [0.1, 0.15) is 5.75 Å². The van der Waals surface area contributed by atoms with E-state index in [0.29, 0.717) is 10.7 Å². The number of halogens is 1. The van der Waals surface area contributed by atoms with Crippen molar-refractivity contribution >= 4 is 43.9 Å². The summed E-state index contributed by atoms with van der Waals surface area (Å²) in [4.78, 5) is 26.7. The van der Waals surface area contributed by atoms with Gasteiger partial charge in [-0.2, -0.15) is 0 Å². The number of aryl methyl sites for hydroxylation is 1. The van der Waals surface area contributed by atoms with Crippen LogP contribution in [0.5, 0.6) is 5.75 Å². The van der Waals surface area contributed by atoms with Crippen LogP contribution in [-0.4, -0.2) is 24.4 Å². The first-order valence-electron chi connectivity index (χ1n) is 9.44. The highest BCUT2D eigenvalue weighted by atomic mass is 35.5. The summed E-state index contributed by atoms with van der Waals surface area (Å²) in [6.45, 7) is 1.90. The number of aromatic amines is 1. The zero-order valence-electron chi connectivity index (χ0n) is 16.7. The molecule has 0 radical (unpaired) electrons. The fraction of sp³-hybridized carbons (Fsp3) is 0.0435. The number of H-pyrrole nitrogens is 1. The zero-order chi connectivity index (χ0) is 23.0. The number of nitrogens with one attached hydrogen (secondary N) is 2. The molecule has 0 bridgehead atoms. The van der Waals surface area contributed by atoms with Crippen LogP contribution in [0.25, 0.3) is 10.9 Å². The zero-order valence-corrected chi connectivity index (χ0v) is 18.3. The fourth-order valence-corrected chi connectivity index (χ4v) is 4.83. The van der Waals surface area contributed by atoms with Crippen molar-refractivity contribution in [2.75, 3.05) is 5.32 Å². The predicted octanol–water partition coefficient (Wildman–Crippen LogP) is 4.28. The molecule has 3 N–H and O–H groups in total. The maximum atomic E-state index is 12.9. The number of carbonyl (C=O) groups is 1. The molecule has 0 saturated carbocycles. The Labute approximate surface area is 188 Å². The van der Waals surface area contributed by atoms with Crippen molar-refractivity contribution in [3.8, 4) is 5.75 Å². The van der Waals surface area contributed by atoms with Crippen LogP contribution in [0, 0.1) is 6.92 Å². The maximum absolute atomic E-state index is 12.9. The molecule has 0 aliphatic carbocycles. The highest BCUT2D eigenvalue weighted by Crippen LogP contribution is 2.32. The first-order valence-corrected chi connectivity index (χ1v) is 11.3. The number of pyridine rings is 1. The molecule has 1 amide bonds. The minimum Gasteiger partial charge on any atom is -0.506 e. The van der Waals surface area contributed by atoms with Gasteiger partial charge in [-0.05, 0) is 67.1 Å². The Kier molecular flexibility index (Phi) is 5.50. The van der Waals surface area contributed by atoms with Gasteiger partial charge in [0, 0.05) is 21.7 Å². The highest BCUT2D eigenvalue weighted by molar-refractivity contribution is 7.91. The van der Waals surface area contributed by atoms with E-state index in [1.807, 2.05) is 19.1 Å². The molecule has 0 saturated heterocycles. The number of fused-ring (bicyclic) bond motifs is 1. The number of hydrogen-bond donors (Lipinski definition) is 3. The summed E-state index contributed by atoms with van der Waals surface area (Å²) in [5, 5.41) is 13.8. The third-order valence-electron chi connectivity index (χ3n) is 4.87. The normalized spacial score (nSPS) is 11.4. The summed E-state index contributed by atoms with van der Waals surface area (Å²) in [6.07, 6.45) is 0. The van der Waals surface area contributed by atoms with Crippen LogP contribution < -0.4 is 10.9 Å². The van der Waals surface area contributed by atoms with Crippen LogP contribution >= 0.6 is 11.6 Å². The number of amides is 1. The number of sulfone groups is 1. The first-order chi connectivity index (χ1) is 15.2. The van der Waals surface area contributed by atoms with E-state index in [4.69, 9.17) is 11.6 Å². The first kappa shape index (κ1) is 21.6. The highest BCUT2D eigenvalue weighted by Gasteiger charge is 2.27. The Hall–Kier alpha value is -3.62. The summed E-state index contributed by atoms with van der Waals surface area (Å²) < 4.78 is 25.9. The Balaban J connectivity index is 1.76. The van der Waals surface area contributed by atoms with Crippen molar-refractivity contribution in [1.29, 1.82) is 0 Å². The molecule has 0 unspecified atom stereocenters. The van der Waals surface area contributed by atoms with E-state index in [9.17, 15) is 23.1 Å². The molecule has 9 heteroatoms. The van der Waals surface area contributed by atoms with Crippen molar-refractivity contribution in [2.24, 2.45) is 0 Å². The smallest absolute Gasteiger partial charge is 0.271 e. The molecule has 32 heavy (non-hydrogen) atoms. The van der Waals surface area contributed by atoms with Crippen molar-refractivity contribution < 1.29 is 18.3 Å². The Morgan fingerprint density at radius 3 is 2.44 bits per heavy atom. The molecule has 0 fully saturated rings. The van der Waals surface area contributed by atoms with Crippen LogP contribution in [0.15, 0.2) is 81.3 Å². The molecule has 4 rings (SSSR count). The Bertz CT molecular complexity index is 1530. The lowest BCUT2D eigenvalue weighted by molar-refractivity contribution is 0.102. The van der Waals surface area contributed by atoms with Gasteiger partial charge in [-0.1, -0.05) is 23.7 Å². The lowest BCUT2D eigenvalue weighted by Crippen LogP contribution is -2.19. The van der Waals surface area contributed by atoms with Crippen molar-refractivity contribution in [2.45, 2.75) is 16.7 Å². The quantitative estimate of drug-likeness (QED) is 0.413. The number of aromatic hydroxyl groups is 1. The fourth-order valence-electron chi connectivity index (χ4n) is 3.31. The van der Waals surface area contributed by atoms with Gasteiger partial charge in [0.25, 0.3) is 11.5 Å². The number of aromatic nitrogens is 1. The second-order valence-electron chi connectivity index (χ2n) is 7.17. The minimum atomic E-state index is -4.31. The average Bonchev–Trinajstić information content (AvgIpc) is 2.73. The van der Waals surface area contributed by atoms with Gasteiger partial charge >= 0.3 is 0 Å². The molecule has 162 valence electrons. The van der Waals surface area contributed by atoms with E-state index in [0.717, 1.165) is 5.56 Å². The van der Waals surface area contributed by atoms with Gasteiger partial charge < -0.3 is 15.4 Å². The van der Waals surface area contributed by atoms with Crippen LogP contribution in [0.3, 0.4) is 0 Å². The average molecular weight is 469 g/mol. The summed E-state index contributed by atoms with van der Waals surface area (Å²) >= 11 is 5.80. The summed E-state index contributed by atoms with van der Waals surface area (Å²) in [7, 11) is -4.31. The minimum absolute atomic E-state index is 0.0873. The van der Waals surface area contributed by atoms with Gasteiger partial charge in [-0.25, -0.2) is 8.42 Å². The molecule has 1 heterocycles. The molecule has 0 aliphatic rings. The third kappa shape index (κ3) is 3.98. The lowest BCUT2D eigenvalue weighted by Gasteiger charge is -2.10. The van der Waals surface area contributed by atoms with Gasteiger partial charge in [0.2, 0.25) is 9.84 Å². The number of hydrogen-bond acceptors (Lipinski definition) is 5. The Morgan fingerprint density at radius 2 is 1.75 bits per heavy atom. The lowest BCUT2D eigenvalue weighted by atomic mass is 10.1. The van der Waals surface area contributed by atoms with Crippen LogP contribution in [0.4, 0.5) is 5.69 Å². The number of benzene rings is 3. The molecule has 4 aromatic rings. The maximum Gasteiger partial charge on any atom is 0.271 e. The van der Waals surface area contributed by atoms with Crippen molar-refractivity contribution in [1.82, 2.24) is 4.98 Å². The second-order valence-corrected chi connectivity index (χ2v) is 9.50. The number of anilines is 1. The van der Waals surface area contributed by atoms with E-state index >= 15 is 0 Å². The van der Waals surface area contributed by atoms with E-state index < -0.39 is 31.9 Å². The van der Waals surface area contributed by atoms with Gasteiger partial charge in [0.15, 0.2) is 4.90 Å². The SMILES string of the molecule is Cc1cccc(NC(=O)c2ccc3c(O)c(S(=O)(=O)c4ccc(Cl)cc4)c(=O)[nH]c3c2)c1. The third-order valence-corrected chi connectivity index (χ3v) is 6.94. The second kappa shape index (κ2) is 8.14. The van der Waals surface area contributed by atoms with Crippen molar-refractivity contribution in [3.63, 3.8) is 0 Å². The summed E-state index contributed by atoms with van der Waals surface area (Å²) in [6, 6.07) is 16.7. The van der Waals surface area contributed by atoms with Crippen LogP contribution in [0.2, 0.25) is 5.02 Å².